The zero-order valence-electron chi connectivity index (χ0n) is 19.3. The number of fused-ring (bicyclic) bond motifs is 2. The standard InChI is InChI=1S/C23H25BrFN7O2/c1-23(2,3)34-22(33)31-6-5-12(9-31)32-10-14(13-7-15(24)16(25)8-18(13)32)19-20-17(11-30(4)29-20)27-21(26)28-19/h7-8,10-12H,5-6,9H2,1-4H3,(H2,26,27). The number of amides is 1. The number of hydrogen-bond acceptors (Lipinski definition) is 6. The normalized spacial score (nSPS) is 16.6. The molecule has 1 aliphatic rings. The van der Waals surface area contributed by atoms with E-state index in [1.807, 2.05) is 31.5 Å². The highest BCUT2D eigenvalue weighted by atomic mass is 79.9. The van der Waals surface area contributed by atoms with Gasteiger partial charge in [0.25, 0.3) is 0 Å². The van der Waals surface area contributed by atoms with Gasteiger partial charge in [-0.05, 0) is 55.3 Å². The van der Waals surface area contributed by atoms with E-state index in [4.69, 9.17) is 10.5 Å². The van der Waals surface area contributed by atoms with E-state index in [0.717, 1.165) is 10.9 Å². The summed E-state index contributed by atoms with van der Waals surface area (Å²) in [5.41, 5.74) is 8.72. The Morgan fingerprint density at radius 1 is 1.26 bits per heavy atom. The Bertz CT molecular complexity index is 1440. The average molecular weight is 530 g/mol. The molecule has 5 rings (SSSR count). The first kappa shape index (κ1) is 22.6. The molecule has 11 heteroatoms. The molecule has 1 fully saturated rings. The van der Waals surface area contributed by atoms with Gasteiger partial charge in [-0.15, -0.1) is 0 Å². The lowest BCUT2D eigenvalue weighted by molar-refractivity contribution is 0.0289. The van der Waals surface area contributed by atoms with Gasteiger partial charge in [-0.25, -0.2) is 19.2 Å². The average Bonchev–Trinajstić information content (AvgIpc) is 3.43. The molecule has 1 amide bonds. The van der Waals surface area contributed by atoms with Crippen molar-refractivity contribution in [2.24, 2.45) is 7.05 Å². The second-order valence-corrected chi connectivity index (χ2v) is 10.4. The van der Waals surface area contributed by atoms with Crippen LogP contribution in [0.25, 0.3) is 33.2 Å². The van der Waals surface area contributed by atoms with Crippen molar-refractivity contribution in [3.8, 4) is 11.3 Å². The monoisotopic (exact) mass is 529 g/mol. The lowest BCUT2D eigenvalue weighted by Crippen LogP contribution is -2.35. The molecule has 178 valence electrons. The second kappa shape index (κ2) is 7.93. The molecule has 0 spiro atoms. The topological polar surface area (TPSA) is 104 Å². The Morgan fingerprint density at radius 2 is 2.03 bits per heavy atom. The first-order valence-electron chi connectivity index (χ1n) is 10.9. The van der Waals surface area contributed by atoms with Crippen LogP contribution in [0.4, 0.5) is 15.1 Å². The fourth-order valence-corrected chi connectivity index (χ4v) is 4.77. The third-order valence-electron chi connectivity index (χ3n) is 5.83. The van der Waals surface area contributed by atoms with Crippen molar-refractivity contribution in [2.75, 3.05) is 18.8 Å². The minimum absolute atomic E-state index is 0.0530. The van der Waals surface area contributed by atoms with Gasteiger partial charge in [0.1, 0.15) is 28.1 Å². The minimum atomic E-state index is -0.571. The molecular weight excluding hydrogens is 505 g/mol. The molecule has 1 saturated heterocycles. The fraction of sp³-hybridized carbons (Fsp3) is 0.391. The van der Waals surface area contributed by atoms with Crippen LogP contribution in [0, 0.1) is 5.82 Å². The molecule has 1 atom stereocenters. The Hall–Kier alpha value is -3.21. The zero-order valence-corrected chi connectivity index (χ0v) is 20.9. The highest BCUT2D eigenvalue weighted by Gasteiger charge is 2.32. The quantitative estimate of drug-likeness (QED) is 0.405. The van der Waals surface area contributed by atoms with Crippen LogP contribution >= 0.6 is 15.9 Å². The number of nitrogens with zero attached hydrogens (tertiary/aromatic N) is 6. The van der Waals surface area contributed by atoms with E-state index in [1.54, 1.807) is 28.9 Å². The van der Waals surface area contributed by atoms with Crippen molar-refractivity contribution in [3.63, 3.8) is 0 Å². The molecule has 1 aromatic carbocycles. The molecule has 0 saturated carbocycles. The molecule has 4 heterocycles. The largest absolute Gasteiger partial charge is 0.444 e. The van der Waals surface area contributed by atoms with Crippen LogP contribution in [0.3, 0.4) is 0 Å². The van der Waals surface area contributed by atoms with Crippen molar-refractivity contribution < 1.29 is 13.9 Å². The molecule has 3 aromatic heterocycles. The summed E-state index contributed by atoms with van der Waals surface area (Å²) in [4.78, 5) is 23.1. The van der Waals surface area contributed by atoms with Gasteiger partial charge >= 0.3 is 6.09 Å². The van der Waals surface area contributed by atoms with Crippen molar-refractivity contribution in [1.29, 1.82) is 0 Å². The summed E-state index contributed by atoms with van der Waals surface area (Å²) >= 11 is 3.31. The van der Waals surface area contributed by atoms with E-state index in [9.17, 15) is 9.18 Å². The number of nitrogens with two attached hydrogens (primary N) is 1. The van der Waals surface area contributed by atoms with Gasteiger partial charge in [0.2, 0.25) is 5.95 Å². The number of ether oxygens (including phenoxy) is 1. The number of halogens is 2. The molecule has 9 nitrogen and oxygen atoms in total. The number of likely N-dealkylation sites (tertiary alicyclic amines) is 1. The van der Waals surface area contributed by atoms with Gasteiger partial charge in [0.15, 0.2) is 0 Å². The van der Waals surface area contributed by atoms with E-state index in [0.29, 0.717) is 46.2 Å². The van der Waals surface area contributed by atoms with Gasteiger partial charge in [0, 0.05) is 37.3 Å². The predicted octanol–water partition coefficient (Wildman–Crippen LogP) is 4.65. The van der Waals surface area contributed by atoms with Crippen molar-refractivity contribution in [3.05, 3.63) is 34.8 Å². The van der Waals surface area contributed by atoms with Gasteiger partial charge in [-0.3, -0.25) is 4.68 Å². The maximum atomic E-state index is 14.6. The lowest BCUT2D eigenvalue weighted by atomic mass is 10.1. The fourth-order valence-electron chi connectivity index (χ4n) is 4.43. The Labute approximate surface area is 203 Å². The number of hydrogen-bond donors (Lipinski definition) is 1. The van der Waals surface area contributed by atoms with E-state index in [2.05, 4.69) is 31.0 Å². The summed E-state index contributed by atoms with van der Waals surface area (Å²) in [5.74, 6) is -0.236. The molecule has 0 radical (unpaired) electrons. The SMILES string of the molecule is Cn1cc2nc(N)nc(-c3cn(C4CCN(C(=O)OC(C)(C)C)C4)c4cc(F)c(Br)cc34)c2n1. The number of anilines is 1. The van der Waals surface area contributed by atoms with E-state index >= 15 is 0 Å². The van der Waals surface area contributed by atoms with Crippen LogP contribution in [0.5, 0.6) is 0 Å². The molecule has 1 aliphatic heterocycles. The number of carbonyl (C=O) groups is 1. The minimum Gasteiger partial charge on any atom is -0.444 e. The molecule has 34 heavy (non-hydrogen) atoms. The Kier molecular flexibility index (Phi) is 5.27. The number of benzene rings is 1. The summed E-state index contributed by atoms with van der Waals surface area (Å²) in [6, 6.07) is 3.19. The summed E-state index contributed by atoms with van der Waals surface area (Å²) < 4.78 is 24.2. The maximum absolute atomic E-state index is 14.6. The van der Waals surface area contributed by atoms with E-state index < -0.39 is 5.60 Å². The Morgan fingerprint density at radius 3 is 2.76 bits per heavy atom. The molecule has 4 aromatic rings. The van der Waals surface area contributed by atoms with Gasteiger partial charge in [0.05, 0.1) is 22.2 Å². The third kappa shape index (κ3) is 3.97. The lowest BCUT2D eigenvalue weighted by Gasteiger charge is -2.24. The summed E-state index contributed by atoms with van der Waals surface area (Å²) in [5, 5.41) is 5.33. The third-order valence-corrected chi connectivity index (χ3v) is 6.44. The van der Waals surface area contributed by atoms with Crippen molar-refractivity contribution in [1.82, 2.24) is 29.2 Å². The van der Waals surface area contributed by atoms with Crippen LogP contribution in [-0.4, -0.2) is 54.0 Å². The van der Waals surface area contributed by atoms with Crippen molar-refractivity contribution >= 4 is 49.9 Å². The summed E-state index contributed by atoms with van der Waals surface area (Å²) in [6.45, 7) is 6.54. The number of aryl methyl sites for hydroxylation is 1. The number of aromatic nitrogens is 5. The van der Waals surface area contributed by atoms with Crippen LogP contribution in [0.2, 0.25) is 0 Å². The number of nitrogen functional groups attached to an aromatic ring is 1. The predicted molar refractivity (Wildman–Crippen MR) is 131 cm³/mol. The molecule has 1 unspecified atom stereocenters. The highest BCUT2D eigenvalue weighted by molar-refractivity contribution is 9.10. The van der Waals surface area contributed by atoms with Crippen LogP contribution in [0.15, 0.2) is 29.0 Å². The second-order valence-electron chi connectivity index (χ2n) is 9.57. The number of carbonyl (C=O) groups excluding carboxylic acids is 1. The van der Waals surface area contributed by atoms with E-state index in [-0.39, 0.29) is 23.9 Å². The van der Waals surface area contributed by atoms with Crippen LogP contribution in [-0.2, 0) is 11.8 Å². The van der Waals surface area contributed by atoms with Gasteiger partial charge in [-0.1, -0.05) is 0 Å². The smallest absolute Gasteiger partial charge is 0.410 e. The molecule has 0 bridgehead atoms. The zero-order chi connectivity index (χ0) is 24.4. The van der Waals surface area contributed by atoms with Gasteiger partial charge in [-0.2, -0.15) is 5.10 Å². The first-order valence-corrected chi connectivity index (χ1v) is 11.7. The molecule has 0 aliphatic carbocycles. The van der Waals surface area contributed by atoms with Gasteiger partial charge < -0.3 is 19.9 Å². The first-order chi connectivity index (χ1) is 16.0. The van der Waals surface area contributed by atoms with Crippen LogP contribution < -0.4 is 5.73 Å². The summed E-state index contributed by atoms with van der Waals surface area (Å²) in [6.07, 6.45) is 4.08. The Balaban J connectivity index is 1.62. The molecule has 2 N–H and O–H groups in total. The summed E-state index contributed by atoms with van der Waals surface area (Å²) in [7, 11) is 1.81. The highest BCUT2D eigenvalue weighted by Crippen LogP contribution is 2.39. The molecular formula is C23H25BrFN7O2. The maximum Gasteiger partial charge on any atom is 0.410 e. The van der Waals surface area contributed by atoms with E-state index in [1.165, 1.54) is 6.07 Å². The number of rotatable bonds is 2. The van der Waals surface area contributed by atoms with Crippen LogP contribution in [0.1, 0.15) is 33.2 Å². The van der Waals surface area contributed by atoms with Crippen molar-refractivity contribution in [2.45, 2.75) is 38.8 Å².